The first kappa shape index (κ1) is 16.6. The van der Waals surface area contributed by atoms with Gasteiger partial charge in [0.25, 0.3) is 11.8 Å². The van der Waals surface area contributed by atoms with E-state index in [1.54, 1.807) is 54.6 Å². The summed E-state index contributed by atoms with van der Waals surface area (Å²) in [7, 11) is 0. The van der Waals surface area contributed by atoms with Crippen molar-refractivity contribution >= 4 is 23.6 Å². The standard InChI is InChI=1S/C19H15NO5/c21-16(13-6-2-1-3-7-13)12-25-17(22)10-11-20-18(23)14-8-4-5-9-15(14)19(20)24/h1-9H,10-12H2. The number of amides is 2. The zero-order valence-corrected chi connectivity index (χ0v) is 13.3. The van der Waals surface area contributed by atoms with Crippen molar-refractivity contribution in [1.82, 2.24) is 4.90 Å². The van der Waals surface area contributed by atoms with Gasteiger partial charge in [-0.1, -0.05) is 42.5 Å². The normalized spacial score (nSPS) is 12.9. The van der Waals surface area contributed by atoms with E-state index >= 15 is 0 Å². The van der Waals surface area contributed by atoms with Gasteiger partial charge in [0, 0.05) is 12.1 Å². The van der Waals surface area contributed by atoms with E-state index in [0.717, 1.165) is 4.90 Å². The Morgan fingerprint density at radius 3 is 2.00 bits per heavy atom. The maximum atomic E-state index is 12.2. The number of hydrogen-bond acceptors (Lipinski definition) is 5. The Balaban J connectivity index is 1.51. The third-order valence-electron chi connectivity index (χ3n) is 3.88. The van der Waals surface area contributed by atoms with Crippen molar-refractivity contribution in [3.05, 3.63) is 71.3 Å². The lowest BCUT2D eigenvalue weighted by Crippen LogP contribution is -2.32. The summed E-state index contributed by atoms with van der Waals surface area (Å²) in [4.78, 5) is 49.0. The molecule has 0 N–H and O–H groups in total. The van der Waals surface area contributed by atoms with Crippen molar-refractivity contribution in [3.8, 4) is 0 Å². The second kappa shape index (κ2) is 7.09. The van der Waals surface area contributed by atoms with Crippen LogP contribution in [0.1, 0.15) is 37.5 Å². The van der Waals surface area contributed by atoms with Crippen molar-refractivity contribution in [2.75, 3.05) is 13.2 Å². The largest absolute Gasteiger partial charge is 0.457 e. The molecule has 6 nitrogen and oxygen atoms in total. The third kappa shape index (κ3) is 3.47. The molecule has 2 aromatic carbocycles. The summed E-state index contributed by atoms with van der Waals surface area (Å²) in [5.74, 6) is -1.79. The Morgan fingerprint density at radius 1 is 0.840 bits per heavy atom. The zero-order chi connectivity index (χ0) is 17.8. The van der Waals surface area contributed by atoms with Crippen LogP contribution in [0, 0.1) is 0 Å². The highest BCUT2D eigenvalue weighted by molar-refractivity contribution is 6.21. The van der Waals surface area contributed by atoms with Gasteiger partial charge in [-0.3, -0.25) is 24.1 Å². The Bertz CT molecular complexity index is 809. The molecule has 0 fully saturated rings. The Labute approximate surface area is 144 Å². The molecule has 1 heterocycles. The van der Waals surface area contributed by atoms with E-state index in [1.807, 2.05) is 0 Å². The molecule has 6 heteroatoms. The summed E-state index contributed by atoms with van der Waals surface area (Å²) in [6.45, 7) is -0.449. The molecule has 0 aromatic heterocycles. The van der Waals surface area contributed by atoms with Crippen molar-refractivity contribution < 1.29 is 23.9 Å². The van der Waals surface area contributed by atoms with Crippen LogP contribution in [0.5, 0.6) is 0 Å². The summed E-state index contributed by atoms with van der Waals surface area (Å²) in [5, 5.41) is 0. The molecule has 0 saturated carbocycles. The number of Topliss-reactive ketones (excluding diaryl/α,β-unsaturated/α-hetero) is 1. The molecule has 2 amide bonds. The number of hydrogen-bond donors (Lipinski definition) is 0. The predicted octanol–water partition coefficient (Wildman–Crippen LogP) is 2.10. The quantitative estimate of drug-likeness (QED) is 0.458. The molecule has 0 aliphatic carbocycles. The van der Waals surface area contributed by atoms with Crippen LogP contribution in [0.3, 0.4) is 0 Å². The molecular formula is C19H15NO5. The lowest BCUT2D eigenvalue weighted by molar-refractivity contribution is -0.142. The Hall–Kier alpha value is -3.28. The number of nitrogens with zero attached hydrogens (tertiary/aromatic N) is 1. The lowest BCUT2D eigenvalue weighted by atomic mass is 10.1. The number of ether oxygens (including phenoxy) is 1. The molecule has 0 bridgehead atoms. The topological polar surface area (TPSA) is 80.8 Å². The minimum Gasteiger partial charge on any atom is -0.457 e. The van der Waals surface area contributed by atoms with Crippen LogP contribution < -0.4 is 0 Å². The number of fused-ring (bicyclic) bond motifs is 1. The van der Waals surface area contributed by atoms with Gasteiger partial charge in [0.2, 0.25) is 0 Å². The van der Waals surface area contributed by atoms with Crippen molar-refractivity contribution in [2.45, 2.75) is 6.42 Å². The molecule has 0 radical (unpaired) electrons. The zero-order valence-electron chi connectivity index (χ0n) is 13.3. The molecule has 0 unspecified atom stereocenters. The van der Waals surface area contributed by atoms with E-state index in [2.05, 4.69) is 0 Å². The van der Waals surface area contributed by atoms with E-state index in [4.69, 9.17) is 4.74 Å². The number of imide groups is 1. The van der Waals surface area contributed by atoms with E-state index in [1.165, 1.54) is 0 Å². The number of esters is 1. The van der Waals surface area contributed by atoms with Gasteiger partial charge in [0.15, 0.2) is 12.4 Å². The van der Waals surface area contributed by atoms with Crippen molar-refractivity contribution in [3.63, 3.8) is 0 Å². The van der Waals surface area contributed by atoms with Crippen LogP contribution in [-0.4, -0.2) is 41.6 Å². The average molecular weight is 337 g/mol. The minimum absolute atomic E-state index is 0.0787. The van der Waals surface area contributed by atoms with Crippen LogP contribution in [0.2, 0.25) is 0 Å². The van der Waals surface area contributed by atoms with Crippen LogP contribution in [0.4, 0.5) is 0 Å². The van der Waals surface area contributed by atoms with Gasteiger partial charge in [-0.15, -0.1) is 0 Å². The smallest absolute Gasteiger partial charge is 0.308 e. The van der Waals surface area contributed by atoms with Gasteiger partial charge >= 0.3 is 5.97 Å². The average Bonchev–Trinajstić information content (AvgIpc) is 2.89. The fourth-order valence-corrected chi connectivity index (χ4v) is 2.57. The van der Waals surface area contributed by atoms with Crippen LogP contribution in [0.25, 0.3) is 0 Å². The van der Waals surface area contributed by atoms with E-state index in [-0.39, 0.29) is 25.4 Å². The molecule has 1 aliphatic heterocycles. The van der Waals surface area contributed by atoms with Gasteiger partial charge in [-0.2, -0.15) is 0 Å². The fraction of sp³-hybridized carbons (Fsp3) is 0.158. The third-order valence-corrected chi connectivity index (χ3v) is 3.88. The summed E-state index contributed by atoms with van der Waals surface area (Å²) in [5.41, 5.74) is 1.12. The minimum atomic E-state index is -0.638. The van der Waals surface area contributed by atoms with Gasteiger partial charge in [-0.25, -0.2) is 0 Å². The summed E-state index contributed by atoms with van der Waals surface area (Å²) in [6, 6.07) is 15.0. The number of carbonyl (C=O) groups is 4. The van der Waals surface area contributed by atoms with Gasteiger partial charge in [0.1, 0.15) is 0 Å². The molecule has 0 saturated heterocycles. The molecule has 0 atom stereocenters. The Morgan fingerprint density at radius 2 is 1.40 bits per heavy atom. The summed E-state index contributed by atoms with van der Waals surface area (Å²) >= 11 is 0. The van der Waals surface area contributed by atoms with Gasteiger partial charge < -0.3 is 4.74 Å². The Kier molecular flexibility index (Phi) is 4.70. The molecule has 25 heavy (non-hydrogen) atoms. The van der Waals surface area contributed by atoms with Crippen LogP contribution in [-0.2, 0) is 9.53 Å². The van der Waals surface area contributed by atoms with Gasteiger partial charge in [-0.05, 0) is 12.1 Å². The maximum absolute atomic E-state index is 12.2. The second-order valence-corrected chi connectivity index (χ2v) is 5.51. The number of ketones is 1. The van der Waals surface area contributed by atoms with E-state index in [9.17, 15) is 19.2 Å². The highest BCUT2D eigenvalue weighted by atomic mass is 16.5. The number of benzene rings is 2. The SMILES string of the molecule is O=C(CCN1C(=O)c2ccccc2C1=O)OCC(=O)c1ccccc1. The maximum Gasteiger partial charge on any atom is 0.308 e. The molecule has 126 valence electrons. The lowest BCUT2D eigenvalue weighted by Gasteiger charge is -2.13. The number of rotatable bonds is 6. The first-order chi connectivity index (χ1) is 12.1. The summed E-state index contributed by atoms with van der Waals surface area (Å²) < 4.78 is 4.93. The highest BCUT2D eigenvalue weighted by Crippen LogP contribution is 2.22. The van der Waals surface area contributed by atoms with Crippen LogP contribution in [0.15, 0.2) is 54.6 Å². The fourth-order valence-electron chi connectivity index (χ4n) is 2.57. The van der Waals surface area contributed by atoms with Crippen molar-refractivity contribution in [2.24, 2.45) is 0 Å². The molecule has 1 aliphatic rings. The molecule has 0 spiro atoms. The highest BCUT2D eigenvalue weighted by Gasteiger charge is 2.35. The first-order valence-corrected chi connectivity index (χ1v) is 7.77. The summed E-state index contributed by atoms with van der Waals surface area (Å²) in [6.07, 6.45) is -0.159. The molecule has 2 aromatic rings. The van der Waals surface area contributed by atoms with Crippen molar-refractivity contribution in [1.29, 1.82) is 0 Å². The predicted molar refractivity (Wildman–Crippen MR) is 88.2 cm³/mol. The second-order valence-electron chi connectivity index (χ2n) is 5.51. The number of carbonyl (C=O) groups excluding carboxylic acids is 4. The van der Waals surface area contributed by atoms with E-state index in [0.29, 0.717) is 16.7 Å². The molecule has 3 rings (SSSR count). The first-order valence-electron chi connectivity index (χ1n) is 7.77. The van der Waals surface area contributed by atoms with E-state index < -0.39 is 17.8 Å². The monoisotopic (exact) mass is 337 g/mol. The van der Waals surface area contributed by atoms with Crippen LogP contribution >= 0.6 is 0 Å². The van der Waals surface area contributed by atoms with Gasteiger partial charge in [0.05, 0.1) is 17.5 Å². The molecular weight excluding hydrogens is 322 g/mol.